The quantitative estimate of drug-likeness (QED) is 0.338. The molecule has 0 bridgehead atoms. The van der Waals surface area contributed by atoms with E-state index in [1.165, 1.54) is 15.9 Å². The first kappa shape index (κ1) is 30.3. The minimum absolute atomic E-state index is 0.0178. The lowest BCUT2D eigenvalue weighted by Gasteiger charge is -2.35. The number of anilines is 1. The van der Waals surface area contributed by atoms with E-state index >= 15 is 4.39 Å². The lowest BCUT2D eigenvalue weighted by Crippen LogP contribution is -2.56. The number of nitrogens with zero attached hydrogens (tertiary/aromatic N) is 3. The minimum atomic E-state index is -1.15. The molecule has 3 amide bonds. The molecule has 2 aromatic rings. The normalized spacial score (nSPS) is 13.9. The molecular weight excluding hydrogens is 521 g/mol. The van der Waals surface area contributed by atoms with Crippen molar-refractivity contribution in [3.05, 3.63) is 47.9 Å². The summed E-state index contributed by atoms with van der Waals surface area (Å²) < 4.78 is 20.4. The predicted molar refractivity (Wildman–Crippen MR) is 146 cm³/mol. The average molecular weight is 558 g/mol. The number of hydrogen-bond acceptors (Lipinski definition) is 7. The second-order valence-corrected chi connectivity index (χ2v) is 9.33. The second-order valence-electron chi connectivity index (χ2n) is 9.33. The van der Waals surface area contributed by atoms with Crippen LogP contribution in [0.25, 0.3) is 11.3 Å². The Morgan fingerprint density at radius 2 is 1.75 bits per heavy atom. The van der Waals surface area contributed by atoms with E-state index in [0.29, 0.717) is 12.1 Å². The molecule has 3 rings (SSSR count). The van der Waals surface area contributed by atoms with Gasteiger partial charge in [0.15, 0.2) is 5.82 Å². The van der Waals surface area contributed by atoms with Crippen LogP contribution in [0.3, 0.4) is 0 Å². The summed E-state index contributed by atoms with van der Waals surface area (Å²) in [6, 6.07) is 8.75. The summed E-state index contributed by atoms with van der Waals surface area (Å²) in [5, 5.41) is 14.9. The number of carbonyl (C=O) groups is 4. The minimum Gasteiger partial charge on any atom is -0.481 e. The van der Waals surface area contributed by atoms with E-state index < -0.39 is 35.7 Å². The summed E-state index contributed by atoms with van der Waals surface area (Å²) in [7, 11) is 0. The van der Waals surface area contributed by atoms with Crippen LogP contribution < -0.4 is 10.6 Å². The van der Waals surface area contributed by atoms with E-state index in [0.717, 1.165) is 12.8 Å². The largest absolute Gasteiger partial charge is 0.481 e. The SMILES string of the molecule is CCCCNc1cc(C(=O)NC(CCC(=O)O)C(=O)N2CCN(C(=O)OCC)CC2)nc(-c2ccccc2)c1F. The monoisotopic (exact) mass is 557 g/mol. The van der Waals surface area contributed by atoms with Crippen LogP contribution in [0.5, 0.6) is 0 Å². The van der Waals surface area contributed by atoms with Crippen molar-refractivity contribution in [2.45, 2.75) is 45.6 Å². The standard InChI is InChI=1S/C28H36FN5O6/c1-3-5-13-30-21-18-22(31-25(24(21)29)19-9-7-6-8-10-19)26(37)32-20(11-12-23(35)36)27(38)33-14-16-34(17-15-33)28(39)40-4-2/h6-10,18,20H,3-5,11-17H2,1-2H3,(H,30,31)(H,32,37)(H,35,36). The Kier molecular flexibility index (Phi) is 11.2. The zero-order valence-corrected chi connectivity index (χ0v) is 22.8. The van der Waals surface area contributed by atoms with Crippen LogP contribution in [-0.4, -0.2) is 89.1 Å². The highest BCUT2D eigenvalue weighted by Gasteiger charge is 2.31. The Balaban J connectivity index is 1.83. The van der Waals surface area contributed by atoms with Gasteiger partial charge in [-0.25, -0.2) is 14.2 Å². The number of rotatable bonds is 12. The summed E-state index contributed by atoms with van der Waals surface area (Å²) in [6.45, 7) is 5.34. The Morgan fingerprint density at radius 3 is 2.38 bits per heavy atom. The van der Waals surface area contributed by atoms with Gasteiger partial charge in [0.1, 0.15) is 17.4 Å². The van der Waals surface area contributed by atoms with E-state index in [4.69, 9.17) is 4.74 Å². The Labute approximate surface area is 232 Å². The summed E-state index contributed by atoms with van der Waals surface area (Å²) in [6.07, 6.45) is 0.714. The molecule has 1 saturated heterocycles. The maximum atomic E-state index is 15.4. The summed E-state index contributed by atoms with van der Waals surface area (Å²) in [5.74, 6) is -2.92. The Morgan fingerprint density at radius 1 is 1.07 bits per heavy atom. The summed E-state index contributed by atoms with van der Waals surface area (Å²) >= 11 is 0. The van der Waals surface area contributed by atoms with Gasteiger partial charge >= 0.3 is 12.1 Å². The van der Waals surface area contributed by atoms with E-state index in [2.05, 4.69) is 15.6 Å². The van der Waals surface area contributed by atoms with Crippen LogP contribution in [-0.2, 0) is 14.3 Å². The first-order chi connectivity index (χ1) is 19.2. The van der Waals surface area contributed by atoms with Gasteiger partial charge in [-0.1, -0.05) is 43.7 Å². The second kappa shape index (κ2) is 14.8. The third kappa shape index (κ3) is 8.14. The maximum Gasteiger partial charge on any atom is 0.409 e. The Bertz CT molecular complexity index is 1190. The molecule has 11 nitrogen and oxygen atoms in total. The molecule has 2 heterocycles. The number of aromatic nitrogens is 1. The van der Waals surface area contributed by atoms with Crippen molar-refractivity contribution in [3.63, 3.8) is 0 Å². The number of benzene rings is 1. The molecule has 0 spiro atoms. The number of ether oxygens (including phenoxy) is 1. The third-order valence-electron chi connectivity index (χ3n) is 6.45. The van der Waals surface area contributed by atoms with Gasteiger partial charge in [-0.05, 0) is 25.8 Å². The van der Waals surface area contributed by atoms with Crippen molar-refractivity contribution < 1.29 is 33.4 Å². The van der Waals surface area contributed by atoms with Crippen molar-refractivity contribution in [1.82, 2.24) is 20.1 Å². The molecule has 12 heteroatoms. The number of carboxylic acids is 1. The molecule has 0 aliphatic carbocycles. The molecule has 1 aromatic heterocycles. The topological polar surface area (TPSA) is 141 Å². The van der Waals surface area contributed by atoms with Crippen molar-refractivity contribution in [2.75, 3.05) is 44.6 Å². The van der Waals surface area contributed by atoms with Crippen LogP contribution in [0.15, 0.2) is 36.4 Å². The van der Waals surface area contributed by atoms with Crippen LogP contribution in [0.4, 0.5) is 14.9 Å². The molecule has 40 heavy (non-hydrogen) atoms. The number of carbonyl (C=O) groups excluding carboxylic acids is 3. The van der Waals surface area contributed by atoms with Gasteiger partial charge in [0.2, 0.25) is 5.91 Å². The average Bonchev–Trinajstić information content (AvgIpc) is 2.96. The van der Waals surface area contributed by atoms with Gasteiger partial charge in [-0.15, -0.1) is 0 Å². The molecule has 1 atom stereocenters. The highest BCUT2D eigenvalue weighted by atomic mass is 19.1. The summed E-state index contributed by atoms with van der Waals surface area (Å²) in [5.41, 5.74) is 0.456. The number of aliphatic carboxylic acids is 1. The van der Waals surface area contributed by atoms with Crippen molar-refractivity contribution in [3.8, 4) is 11.3 Å². The van der Waals surface area contributed by atoms with Crippen molar-refractivity contribution in [2.24, 2.45) is 0 Å². The lowest BCUT2D eigenvalue weighted by atomic mass is 10.1. The van der Waals surface area contributed by atoms with Gasteiger partial charge < -0.3 is 30.3 Å². The van der Waals surface area contributed by atoms with Crippen LogP contribution in [0, 0.1) is 5.82 Å². The van der Waals surface area contributed by atoms with Gasteiger partial charge in [-0.2, -0.15) is 0 Å². The molecule has 0 saturated carbocycles. The molecule has 216 valence electrons. The van der Waals surface area contributed by atoms with Crippen LogP contribution >= 0.6 is 0 Å². The van der Waals surface area contributed by atoms with Gasteiger partial charge in [0.05, 0.1) is 12.3 Å². The van der Waals surface area contributed by atoms with E-state index in [9.17, 15) is 24.3 Å². The molecule has 1 aromatic carbocycles. The van der Waals surface area contributed by atoms with Crippen molar-refractivity contribution in [1.29, 1.82) is 0 Å². The molecular formula is C28H36FN5O6. The van der Waals surface area contributed by atoms with Crippen molar-refractivity contribution >= 4 is 29.6 Å². The first-order valence-electron chi connectivity index (χ1n) is 13.5. The molecule has 1 unspecified atom stereocenters. The number of nitrogens with one attached hydrogen (secondary N) is 2. The smallest absolute Gasteiger partial charge is 0.409 e. The highest BCUT2D eigenvalue weighted by molar-refractivity contribution is 5.97. The van der Waals surface area contributed by atoms with E-state index in [1.54, 1.807) is 37.3 Å². The number of hydrogen-bond donors (Lipinski definition) is 3. The maximum absolute atomic E-state index is 15.4. The van der Waals surface area contributed by atoms with Gasteiger partial charge in [-0.3, -0.25) is 14.4 Å². The summed E-state index contributed by atoms with van der Waals surface area (Å²) in [4.78, 5) is 57.2. The van der Waals surface area contributed by atoms with Crippen LogP contribution in [0.1, 0.15) is 50.0 Å². The number of carboxylic acid groups (broad SMARTS) is 1. The number of piperazine rings is 1. The fraction of sp³-hybridized carbons (Fsp3) is 0.464. The zero-order chi connectivity index (χ0) is 29.1. The molecule has 0 radical (unpaired) electrons. The van der Waals surface area contributed by atoms with Gasteiger partial charge in [0, 0.05) is 44.7 Å². The molecule has 1 fully saturated rings. The van der Waals surface area contributed by atoms with Gasteiger partial charge in [0.25, 0.3) is 5.91 Å². The molecule has 1 aliphatic rings. The number of amides is 3. The fourth-order valence-corrected chi connectivity index (χ4v) is 4.26. The lowest BCUT2D eigenvalue weighted by molar-refractivity contribution is -0.138. The first-order valence-corrected chi connectivity index (χ1v) is 13.5. The molecule has 3 N–H and O–H groups in total. The van der Waals surface area contributed by atoms with E-state index in [-0.39, 0.29) is 62.7 Å². The fourth-order valence-electron chi connectivity index (χ4n) is 4.26. The zero-order valence-electron chi connectivity index (χ0n) is 22.8. The molecule has 1 aliphatic heterocycles. The number of unbranched alkanes of at least 4 members (excludes halogenated alkanes) is 1. The van der Waals surface area contributed by atoms with E-state index in [1.807, 2.05) is 6.92 Å². The Hall–Kier alpha value is -4.22. The number of pyridine rings is 1. The predicted octanol–water partition coefficient (Wildman–Crippen LogP) is 3.36. The number of halogens is 1. The third-order valence-corrected chi connectivity index (χ3v) is 6.45. The highest BCUT2D eigenvalue weighted by Crippen LogP contribution is 2.27. The van der Waals surface area contributed by atoms with Crippen LogP contribution in [0.2, 0.25) is 0 Å².